The Hall–Kier alpha value is -0.800. The lowest BCUT2D eigenvalue weighted by Crippen LogP contribution is -2.34. The quantitative estimate of drug-likeness (QED) is 0.823. The van der Waals surface area contributed by atoms with E-state index < -0.39 is 0 Å². The summed E-state index contributed by atoms with van der Waals surface area (Å²) >= 11 is 0. The van der Waals surface area contributed by atoms with Crippen molar-refractivity contribution in [1.29, 1.82) is 0 Å². The first-order chi connectivity index (χ1) is 7.68. The minimum Gasteiger partial charge on any atom is -0.469 e. The van der Waals surface area contributed by atoms with Crippen molar-refractivity contribution >= 4 is 0 Å². The molecule has 3 heteroatoms. The lowest BCUT2D eigenvalue weighted by atomic mass is 9.93. The summed E-state index contributed by atoms with van der Waals surface area (Å²) < 4.78 is 5.44. The summed E-state index contributed by atoms with van der Waals surface area (Å²) in [5.41, 5.74) is 1.28. The van der Waals surface area contributed by atoms with Gasteiger partial charge in [0.25, 0.3) is 0 Å². The van der Waals surface area contributed by atoms with Gasteiger partial charge in [0, 0.05) is 24.6 Å². The third-order valence-electron chi connectivity index (χ3n) is 3.39. The van der Waals surface area contributed by atoms with Gasteiger partial charge in [0.05, 0.1) is 12.4 Å². The predicted molar refractivity (Wildman–Crippen MR) is 63.2 cm³/mol. The summed E-state index contributed by atoms with van der Waals surface area (Å²) in [4.78, 5) is 0. The van der Waals surface area contributed by atoms with Crippen molar-refractivity contribution in [2.75, 3.05) is 6.54 Å². The third kappa shape index (κ3) is 2.47. The number of nitrogens with one attached hydrogen (secondary N) is 1. The van der Waals surface area contributed by atoms with E-state index in [0.717, 1.165) is 25.0 Å². The highest BCUT2D eigenvalue weighted by molar-refractivity contribution is 5.23. The summed E-state index contributed by atoms with van der Waals surface area (Å²) in [5.74, 6) is 1.42. The van der Waals surface area contributed by atoms with Crippen LogP contribution < -0.4 is 5.32 Å². The number of aliphatic hydroxyl groups excluding tert-OH is 1. The number of aryl methyl sites for hydroxylation is 1. The zero-order valence-corrected chi connectivity index (χ0v) is 10.1. The molecule has 0 saturated heterocycles. The Kier molecular flexibility index (Phi) is 3.66. The van der Waals surface area contributed by atoms with E-state index in [1.165, 1.54) is 5.56 Å². The van der Waals surface area contributed by atoms with Crippen LogP contribution in [0.25, 0.3) is 0 Å². The van der Waals surface area contributed by atoms with Gasteiger partial charge in [-0.3, -0.25) is 0 Å². The molecule has 0 fully saturated rings. The molecule has 0 aromatic carbocycles. The molecule has 2 N–H and O–H groups in total. The first-order valence-corrected chi connectivity index (χ1v) is 6.16. The second-order valence-corrected chi connectivity index (χ2v) is 4.96. The van der Waals surface area contributed by atoms with Crippen LogP contribution in [0, 0.1) is 5.92 Å². The van der Waals surface area contributed by atoms with Gasteiger partial charge in [-0.1, -0.05) is 13.8 Å². The molecule has 2 atom stereocenters. The molecular weight excluding hydrogens is 202 g/mol. The van der Waals surface area contributed by atoms with E-state index >= 15 is 0 Å². The van der Waals surface area contributed by atoms with Crippen molar-refractivity contribution in [3.05, 3.63) is 23.7 Å². The SMILES string of the molecule is CC(C)C(O)CNC1CCCc2occc21. The van der Waals surface area contributed by atoms with Gasteiger partial charge in [0.2, 0.25) is 0 Å². The fraction of sp³-hybridized carbons (Fsp3) is 0.692. The molecule has 90 valence electrons. The average Bonchev–Trinajstić information content (AvgIpc) is 2.73. The minimum absolute atomic E-state index is 0.266. The van der Waals surface area contributed by atoms with E-state index in [9.17, 15) is 5.11 Å². The summed E-state index contributed by atoms with van der Waals surface area (Å²) in [5, 5.41) is 13.2. The summed E-state index contributed by atoms with van der Waals surface area (Å²) in [7, 11) is 0. The highest BCUT2D eigenvalue weighted by Crippen LogP contribution is 2.30. The molecule has 0 amide bonds. The number of rotatable bonds is 4. The van der Waals surface area contributed by atoms with E-state index in [1.54, 1.807) is 6.26 Å². The zero-order valence-electron chi connectivity index (χ0n) is 10.1. The van der Waals surface area contributed by atoms with Gasteiger partial charge in [-0.25, -0.2) is 0 Å². The Morgan fingerprint density at radius 2 is 2.38 bits per heavy atom. The molecule has 16 heavy (non-hydrogen) atoms. The van der Waals surface area contributed by atoms with Gasteiger partial charge >= 0.3 is 0 Å². The smallest absolute Gasteiger partial charge is 0.108 e. The molecule has 1 heterocycles. The normalized spacial score (nSPS) is 22.1. The highest BCUT2D eigenvalue weighted by atomic mass is 16.3. The molecule has 2 rings (SSSR count). The number of furan rings is 1. The van der Waals surface area contributed by atoms with Crippen LogP contribution in [0.15, 0.2) is 16.7 Å². The molecule has 1 aromatic heterocycles. The Morgan fingerprint density at radius 3 is 3.12 bits per heavy atom. The van der Waals surface area contributed by atoms with Crippen LogP contribution in [-0.2, 0) is 6.42 Å². The molecule has 1 aliphatic carbocycles. The molecule has 0 radical (unpaired) electrons. The van der Waals surface area contributed by atoms with Crippen LogP contribution in [-0.4, -0.2) is 17.8 Å². The third-order valence-corrected chi connectivity index (χ3v) is 3.39. The second kappa shape index (κ2) is 5.02. The first kappa shape index (κ1) is 11.7. The summed E-state index contributed by atoms with van der Waals surface area (Å²) in [6.07, 6.45) is 4.85. The fourth-order valence-corrected chi connectivity index (χ4v) is 2.20. The van der Waals surface area contributed by atoms with Crippen molar-refractivity contribution in [2.24, 2.45) is 5.92 Å². The molecule has 3 nitrogen and oxygen atoms in total. The lowest BCUT2D eigenvalue weighted by molar-refractivity contribution is 0.119. The van der Waals surface area contributed by atoms with E-state index in [-0.39, 0.29) is 6.10 Å². The van der Waals surface area contributed by atoms with E-state index in [4.69, 9.17) is 4.42 Å². The Balaban J connectivity index is 1.93. The average molecular weight is 223 g/mol. The molecule has 0 spiro atoms. The number of aliphatic hydroxyl groups is 1. The number of fused-ring (bicyclic) bond motifs is 1. The molecule has 0 bridgehead atoms. The maximum Gasteiger partial charge on any atom is 0.108 e. The van der Waals surface area contributed by atoms with Crippen molar-refractivity contribution < 1.29 is 9.52 Å². The Morgan fingerprint density at radius 1 is 1.56 bits per heavy atom. The fourth-order valence-electron chi connectivity index (χ4n) is 2.20. The van der Waals surface area contributed by atoms with Crippen molar-refractivity contribution in [3.63, 3.8) is 0 Å². The van der Waals surface area contributed by atoms with Crippen LogP contribution in [0.1, 0.15) is 44.1 Å². The maximum atomic E-state index is 9.77. The van der Waals surface area contributed by atoms with Crippen LogP contribution in [0.3, 0.4) is 0 Å². The van der Waals surface area contributed by atoms with Crippen molar-refractivity contribution in [2.45, 2.75) is 45.3 Å². The highest BCUT2D eigenvalue weighted by Gasteiger charge is 2.23. The zero-order chi connectivity index (χ0) is 11.5. The molecular formula is C13H21NO2. The second-order valence-electron chi connectivity index (χ2n) is 4.96. The van der Waals surface area contributed by atoms with E-state index in [0.29, 0.717) is 18.5 Å². The number of hydrogen-bond donors (Lipinski definition) is 2. The molecule has 0 aliphatic heterocycles. The van der Waals surface area contributed by atoms with Gasteiger partial charge in [0.1, 0.15) is 5.76 Å². The van der Waals surface area contributed by atoms with Gasteiger partial charge in [0.15, 0.2) is 0 Å². The Bertz CT molecular complexity index is 332. The predicted octanol–water partition coefficient (Wildman–Crippen LogP) is 2.26. The van der Waals surface area contributed by atoms with Crippen LogP contribution in [0.4, 0.5) is 0 Å². The summed E-state index contributed by atoms with van der Waals surface area (Å²) in [6, 6.07) is 2.41. The molecule has 0 saturated carbocycles. The first-order valence-electron chi connectivity index (χ1n) is 6.16. The largest absolute Gasteiger partial charge is 0.469 e. The standard InChI is InChI=1S/C13H21NO2/c1-9(2)12(15)8-14-11-4-3-5-13-10(11)6-7-16-13/h6-7,9,11-12,14-15H,3-5,8H2,1-2H3. The molecule has 1 aromatic rings. The van der Waals surface area contributed by atoms with Crippen LogP contribution >= 0.6 is 0 Å². The van der Waals surface area contributed by atoms with Gasteiger partial charge in [-0.15, -0.1) is 0 Å². The van der Waals surface area contributed by atoms with E-state index in [1.807, 2.05) is 19.9 Å². The summed E-state index contributed by atoms with van der Waals surface area (Å²) in [6.45, 7) is 4.74. The maximum absolute atomic E-state index is 9.77. The van der Waals surface area contributed by atoms with Gasteiger partial charge in [-0.2, -0.15) is 0 Å². The molecule has 1 aliphatic rings. The number of hydrogen-bond acceptors (Lipinski definition) is 3. The lowest BCUT2D eigenvalue weighted by Gasteiger charge is -2.25. The minimum atomic E-state index is -0.266. The van der Waals surface area contributed by atoms with Crippen LogP contribution in [0.5, 0.6) is 0 Å². The van der Waals surface area contributed by atoms with Crippen LogP contribution in [0.2, 0.25) is 0 Å². The van der Waals surface area contributed by atoms with Gasteiger partial charge < -0.3 is 14.8 Å². The van der Waals surface area contributed by atoms with Crippen molar-refractivity contribution in [3.8, 4) is 0 Å². The van der Waals surface area contributed by atoms with Gasteiger partial charge in [-0.05, 0) is 24.8 Å². The van der Waals surface area contributed by atoms with E-state index in [2.05, 4.69) is 5.32 Å². The topological polar surface area (TPSA) is 45.4 Å². The Labute approximate surface area is 96.8 Å². The monoisotopic (exact) mass is 223 g/mol. The molecule has 2 unspecified atom stereocenters. The van der Waals surface area contributed by atoms with Crippen molar-refractivity contribution in [1.82, 2.24) is 5.32 Å².